The van der Waals surface area contributed by atoms with Gasteiger partial charge in [0, 0.05) is 21.5 Å². The zero-order chi connectivity index (χ0) is 10.3. The lowest BCUT2D eigenvalue weighted by Gasteiger charge is -2.20. The van der Waals surface area contributed by atoms with Crippen molar-refractivity contribution in [3.8, 4) is 0 Å². The Balaban J connectivity index is 2.11. The Kier molecular flexibility index (Phi) is 2.08. The van der Waals surface area contributed by atoms with Gasteiger partial charge in [0.1, 0.15) is 0 Å². The lowest BCUT2D eigenvalue weighted by atomic mass is 9.88. The van der Waals surface area contributed by atoms with Crippen LogP contribution in [-0.4, -0.2) is 13.1 Å². The van der Waals surface area contributed by atoms with E-state index in [1.807, 2.05) is 11.3 Å². The standard InChI is InChI=1S/C13H15NS/c1-13(6-7-14-9-13)12-8-10-4-2-3-5-11(10)15-12/h2-5,8,14H,6-7,9H2,1H3/t13-/m1/s1. The van der Waals surface area contributed by atoms with Crippen molar-refractivity contribution in [2.75, 3.05) is 13.1 Å². The van der Waals surface area contributed by atoms with E-state index in [4.69, 9.17) is 0 Å². The fourth-order valence-corrected chi connectivity index (χ4v) is 3.54. The first-order valence-corrected chi connectivity index (χ1v) is 6.29. The van der Waals surface area contributed by atoms with Gasteiger partial charge in [-0.3, -0.25) is 0 Å². The number of rotatable bonds is 1. The van der Waals surface area contributed by atoms with Crippen molar-refractivity contribution in [2.45, 2.75) is 18.8 Å². The molecule has 0 bridgehead atoms. The highest BCUT2D eigenvalue weighted by atomic mass is 32.1. The minimum atomic E-state index is 0.365. The Morgan fingerprint density at radius 3 is 2.93 bits per heavy atom. The van der Waals surface area contributed by atoms with Gasteiger partial charge in [-0.2, -0.15) is 0 Å². The molecule has 1 aromatic carbocycles. The second-order valence-corrected chi connectivity index (χ2v) is 5.72. The molecule has 1 aliphatic heterocycles. The van der Waals surface area contributed by atoms with E-state index in [1.165, 1.54) is 21.4 Å². The van der Waals surface area contributed by atoms with Gasteiger partial charge < -0.3 is 5.32 Å². The molecule has 1 N–H and O–H groups in total. The van der Waals surface area contributed by atoms with Gasteiger partial charge in [0.2, 0.25) is 0 Å². The van der Waals surface area contributed by atoms with Crippen LogP contribution in [0.2, 0.25) is 0 Å². The molecule has 2 aromatic rings. The van der Waals surface area contributed by atoms with Crippen molar-refractivity contribution in [1.82, 2.24) is 5.32 Å². The summed E-state index contributed by atoms with van der Waals surface area (Å²) in [5.41, 5.74) is 0.365. The van der Waals surface area contributed by atoms with Crippen molar-refractivity contribution < 1.29 is 0 Å². The fourth-order valence-electron chi connectivity index (χ4n) is 2.31. The zero-order valence-corrected chi connectivity index (χ0v) is 9.73. The smallest absolute Gasteiger partial charge is 0.0345 e. The molecule has 15 heavy (non-hydrogen) atoms. The van der Waals surface area contributed by atoms with E-state index in [2.05, 4.69) is 42.6 Å². The van der Waals surface area contributed by atoms with E-state index in [9.17, 15) is 0 Å². The summed E-state index contributed by atoms with van der Waals surface area (Å²) in [5.74, 6) is 0. The molecule has 1 aliphatic rings. The Morgan fingerprint density at radius 1 is 1.33 bits per heavy atom. The minimum Gasteiger partial charge on any atom is -0.316 e. The number of benzene rings is 1. The average molecular weight is 217 g/mol. The third-order valence-corrected chi connectivity index (χ3v) is 4.81. The number of fused-ring (bicyclic) bond motifs is 1. The van der Waals surface area contributed by atoms with Gasteiger partial charge in [-0.25, -0.2) is 0 Å². The molecule has 1 fully saturated rings. The largest absolute Gasteiger partial charge is 0.316 e. The summed E-state index contributed by atoms with van der Waals surface area (Å²) < 4.78 is 1.42. The van der Waals surface area contributed by atoms with Crippen LogP contribution in [0.15, 0.2) is 30.3 Å². The van der Waals surface area contributed by atoms with E-state index in [-0.39, 0.29) is 0 Å². The molecule has 1 aromatic heterocycles. The fraction of sp³-hybridized carbons (Fsp3) is 0.385. The zero-order valence-electron chi connectivity index (χ0n) is 8.92. The summed E-state index contributed by atoms with van der Waals surface area (Å²) in [5, 5.41) is 4.86. The first kappa shape index (κ1) is 9.37. The highest BCUT2D eigenvalue weighted by Crippen LogP contribution is 2.37. The Morgan fingerprint density at radius 2 is 2.20 bits per heavy atom. The van der Waals surface area contributed by atoms with E-state index in [0.29, 0.717) is 5.41 Å². The minimum absolute atomic E-state index is 0.365. The van der Waals surface area contributed by atoms with Gasteiger partial charge in [0.05, 0.1) is 0 Å². The van der Waals surface area contributed by atoms with Crippen LogP contribution in [-0.2, 0) is 5.41 Å². The highest BCUT2D eigenvalue weighted by molar-refractivity contribution is 7.19. The molecule has 1 nitrogen and oxygen atoms in total. The molecule has 0 unspecified atom stereocenters. The van der Waals surface area contributed by atoms with Crippen molar-refractivity contribution >= 4 is 21.4 Å². The Bertz CT molecular complexity index is 447. The molecular weight excluding hydrogens is 202 g/mol. The number of hydrogen-bond acceptors (Lipinski definition) is 2. The molecule has 0 aliphatic carbocycles. The maximum atomic E-state index is 3.46. The second kappa shape index (κ2) is 3.32. The predicted octanol–water partition coefficient (Wildman–Crippen LogP) is 3.15. The molecule has 2 heteroatoms. The van der Waals surface area contributed by atoms with Crippen LogP contribution in [0.25, 0.3) is 10.1 Å². The van der Waals surface area contributed by atoms with Crippen molar-refractivity contribution in [2.24, 2.45) is 0 Å². The Hall–Kier alpha value is -0.860. The summed E-state index contributed by atoms with van der Waals surface area (Å²) in [6.45, 7) is 4.66. The normalized spacial score (nSPS) is 26.2. The van der Waals surface area contributed by atoms with Crippen LogP contribution >= 0.6 is 11.3 Å². The molecule has 1 atom stereocenters. The molecule has 0 amide bonds. The summed E-state index contributed by atoms with van der Waals surface area (Å²) in [7, 11) is 0. The van der Waals surface area contributed by atoms with E-state index in [1.54, 1.807) is 0 Å². The van der Waals surface area contributed by atoms with Gasteiger partial charge in [-0.15, -0.1) is 11.3 Å². The van der Waals surface area contributed by atoms with Crippen LogP contribution in [0.3, 0.4) is 0 Å². The number of hydrogen-bond donors (Lipinski definition) is 1. The topological polar surface area (TPSA) is 12.0 Å². The van der Waals surface area contributed by atoms with E-state index in [0.717, 1.165) is 13.1 Å². The molecule has 0 spiro atoms. The predicted molar refractivity (Wildman–Crippen MR) is 66.7 cm³/mol. The third-order valence-electron chi connectivity index (χ3n) is 3.39. The third kappa shape index (κ3) is 1.48. The van der Waals surface area contributed by atoms with Gasteiger partial charge in [0.15, 0.2) is 0 Å². The van der Waals surface area contributed by atoms with Crippen LogP contribution in [0.4, 0.5) is 0 Å². The van der Waals surface area contributed by atoms with Crippen molar-refractivity contribution in [3.05, 3.63) is 35.2 Å². The van der Waals surface area contributed by atoms with E-state index >= 15 is 0 Å². The van der Waals surface area contributed by atoms with Crippen LogP contribution in [0.1, 0.15) is 18.2 Å². The SMILES string of the molecule is C[C@@]1(c2cc3ccccc3s2)CCNC1. The number of nitrogens with one attached hydrogen (secondary N) is 1. The summed E-state index contributed by atoms with van der Waals surface area (Å²) >= 11 is 1.95. The molecule has 2 heterocycles. The quantitative estimate of drug-likeness (QED) is 0.773. The second-order valence-electron chi connectivity index (χ2n) is 4.64. The van der Waals surface area contributed by atoms with Crippen LogP contribution < -0.4 is 5.32 Å². The molecule has 0 radical (unpaired) electrons. The monoisotopic (exact) mass is 217 g/mol. The Labute approximate surface area is 94.1 Å². The van der Waals surface area contributed by atoms with Crippen LogP contribution in [0, 0.1) is 0 Å². The lowest BCUT2D eigenvalue weighted by molar-refractivity contribution is 0.537. The summed E-state index contributed by atoms with van der Waals surface area (Å²) in [6.07, 6.45) is 1.26. The van der Waals surface area contributed by atoms with Gasteiger partial charge in [-0.1, -0.05) is 25.1 Å². The first-order chi connectivity index (χ1) is 7.28. The molecular formula is C13H15NS. The highest BCUT2D eigenvalue weighted by Gasteiger charge is 2.31. The number of thiophene rings is 1. The van der Waals surface area contributed by atoms with Crippen molar-refractivity contribution in [1.29, 1.82) is 0 Å². The van der Waals surface area contributed by atoms with E-state index < -0.39 is 0 Å². The molecule has 1 saturated heterocycles. The first-order valence-electron chi connectivity index (χ1n) is 5.48. The van der Waals surface area contributed by atoms with Crippen molar-refractivity contribution in [3.63, 3.8) is 0 Å². The molecule has 3 rings (SSSR count). The summed E-state index contributed by atoms with van der Waals surface area (Å²) in [6, 6.07) is 11.0. The molecule has 78 valence electrons. The average Bonchev–Trinajstić information content (AvgIpc) is 2.84. The van der Waals surface area contributed by atoms with Gasteiger partial charge in [0.25, 0.3) is 0 Å². The lowest BCUT2D eigenvalue weighted by Crippen LogP contribution is -2.23. The maximum absolute atomic E-state index is 3.46. The maximum Gasteiger partial charge on any atom is 0.0345 e. The molecule has 0 saturated carbocycles. The van der Waals surface area contributed by atoms with Gasteiger partial charge >= 0.3 is 0 Å². The van der Waals surface area contributed by atoms with Crippen LogP contribution in [0.5, 0.6) is 0 Å². The van der Waals surface area contributed by atoms with Gasteiger partial charge in [-0.05, 0) is 30.5 Å². The summed E-state index contributed by atoms with van der Waals surface area (Å²) in [4.78, 5) is 1.54.